The lowest BCUT2D eigenvalue weighted by Crippen LogP contribution is -2.29. The quantitative estimate of drug-likeness (QED) is 0.750. The summed E-state index contributed by atoms with van der Waals surface area (Å²) in [5.74, 6) is 1.12. The van der Waals surface area contributed by atoms with Gasteiger partial charge in [0, 0.05) is 45.3 Å². The van der Waals surface area contributed by atoms with Crippen molar-refractivity contribution in [3.63, 3.8) is 0 Å². The second-order valence-electron chi connectivity index (χ2n) is 6.06. The molecule has 0 aliphatic carbocycles. The molecule has 0 bridgehead atoms. The average Bonchev–Trinajstić information content (AvgIpc) is 3.21. The molecule has 24 heavy (non-hydrogen) atoms. The molecule has 0 saturated carbocycles. The standard InChI is InChI=1S/C17H24N4O3/c1-21-15-4-3-13(16(22)19-10-12-5-7-24-11-12)9-14(15)20-17(21)18-6-8-23-2/h3-4,9,12H,5-8,10-11H2,1-2H3,(H,18,20)(H,19,22)/t12-/m0/s1. The third-order valence-electron chi connectivity index (χ3n) is 4.31. The van der Waals surface area contributed by atoms with Gasteiger partial charge in [-0.2, -0.15) is 0 Å². The molecule has 7 heteroatoms. The number of rotatable bonds is 7. The first-order valence-corrected chi connectivity index (χ1v) is 8.24. The number of carbonyl (C=O) groups is 1. The van der Waals surface area contributed by atoms with Crippen molar-refractivity contribution in [2.75, 3.05) is 45.3 Å². The lowest BCUT2D eigenvalue weighted by atomic mass is 10.1. The number of hydrogen-bond acceptors (Lipinski definition) is 5. The SMILES string of the molecule is COCCNc1nc2cc(C(=O)NC[C@@H]3CCOC3)ccc2n1C. The van der Waals surface area contributed by atoms with Gasteiger partial charge in [-0.25, -0.2) is 4.98 Å². The molecule has 0 radical (unpaired) electrons. The normalized spacial score (nSPS) is 17.3. The Morgan fingerprint density at radius 1 is 1.50 bits per heavy atom. The largest absolute Gasteiger partial charge is 0.383 e. The van der Waals surface area contributed by atoms with E-state index in [1.807, 2.05) is 29.8 Å². The summed E-state index contributed by atoms with van der Waals surface area (Å²) in [7, 11) is 3.61. The minimum Gasteiger partial charge on any atom is -0.383 e. The van der Waals surface area contributed by atoms with Gasteiger partial charge in [0.15, 0.2) is 0 Å². The molecular weight excluding hydrogens is 308 g/mol. The molecule has 2 heterocycles. The van der Waals surface area contributed by atoms with Crippen molar-refractivity contribution in [2.45, 2.75) is 6.42 Å². The van der Waals surface area contributed by atoms with Gasteiger partial charge in [-0.15, -0.1) is 0 Å². The van der Waals surface area contributed by atoms with Crippen LogP contribution in [0.3, 0.4) is 0 Å². The molecule has 1 aliphatic heterocycles. The molecule has 130 valence electrons. The average molecular weight is 332 g/mol. The zero-order valence-corrected chi connectivity index (χ0v) is 14.2. The van der Waals surface area contributed by atoms with Crippen LogP contribution < -0.4 is 10.6 Å². The first kappa shape index (κ1) is 16.7. The predicted molar refractivity (Wildman–Crippen MR) is 92.3 cm³/mol. The van der Waals surface area contributed by atoms with E-state index in [0.717, 1.165) is 36.6 Å². The van der Waals surface area contributed by atoms with Gasteiger partial charge in [0.1, 0.15) is 0 Å². The number of aromatic nitrogens is 2. The number of carbonyl (C=O) groups excluding carboxylic acids is 1. The topological polar surface area (TPSA) is 77.4 Å². The highest BCUT2D eigenvalue weighted by Gasteiger charge is 2.17. The number of fused-ring (bicyclic) bond motifs is 1. The van der Waals surface area contributed by atoms with Crippen LogP contribution in [0.2, 0.25) is 0 Å². The number of ether oxygens (including phenoxy) is 2. The maximum atomic E-state index is 12.3. The van der Waals surface area contributed by atoms with Crippen LogP contribution in [0, 0.1) is 5.92 Å². The van der Waals surface area contributed by atoms with E-state index in [9.17, 15) is 4.79 Å². The van der Waals surface area contributed by atoms with E-state index in [2.05, 4.69) is 15.6 Å². The van der Waals surface area contributed by atoms with Crippen molar-refractivity contribution in [2.24, 2.45) is 13.0 Å². The molecular formula is C17H24N4O3. The molecule has 1 saturated heterocycles. The van der Waals surface area contributed by atoms with E-state index in [-0.39, 0.29) is 5.91 Å². The van der Waals surface area contributed by atoms with E-state index in [1.54, 1.807) is 7.11 Å². The van der Waals surface area contributed by atoms with Crippen molar-refractivity contribution in [3.8, 4) is 0 Å². The van der Waals surface area contributed by atoms with Crippen molar-refractivity contribution in [1.82, 2.24) is 14.9 Å². The van der Waals surface area contributed by atoms with Gasteiger partial charge in [-0.3, -0.25) is 4.79 Å². The number of imidazole rings is 1. The van der Waals surface area contributed by atoms with Crippen LogP contribution in [-0.2, 0) is 16.5 Å². The minimum atomic E-state index is -0.0663. The van der Waals surface area contributed by atoms with Gasteiger partial charge >= 0.3 is 0 Å². The summed E-state index contributed by atoms with van der Waals surface area (Å²) in [6, 6.07) is 5.60. The number of methoxy groups -OCH3 is 1. The lowest BCUT2D eigenvalue weighted by molar-refractivity contribution is 0.0945. The van der Waals surface area contributed by atoms with E-state index in [0.29, 0.717) is 31.2 Å². The summed E-state index contributed by atoms with van der Waals surface area (Å²) in [4.78, 5) is 16.9. The molecule has 1 aliphatic rings. The van der Waals surface area contributed by atoms with Crippen LogP contribution in [0.25, 0.3) is 11.0 Å². The van der Waals surface area contributed by atoms with Crippen LogP contribution in [0.5, 0.6) is 0 Å². The molecule has 0 unspecified atom stereocenters. The van der Waals surface area contributed by atoms with Crippen LogP contribution >= 0.6 is 0 Å². The van der Waals surface area contributed by atoms with Gasteiger partial charge in [-0.05, 0) is 24.6 Å². The summed E-state index contributed by atoms with van der Waals surface area (Å²) in [5, 5.41) is 6.21. The summed E-state index contributed by atoms with van der Waals surface area (Å²) < 4.78 is 12.3. The van der Waals surface area contributed by atoms with E-state index in [4.69, 9.17) is 9.47 Å². The Labute approximate surface area is 141 Å². The Bertz CT molecular complexity index is 707. The third kappa shape index (κ3) is 3.68. The summed E-state index contributed by atoms with van der Waals surface area (Å²) in [5.41, 5.74) is 2.41. The smallest absolute Gasteiger partial charge is 0.251 e. The lowest BCUT2D eigenvalue weighted by Gasteiger charge is -2.09. The first-order chi connectivity index (χ1) is 11.7. The van der Waals surface area contributed by atoms with Gasteiger partial charge in [0.25, 0.3) is 5.91 Å². The second kappa shape index (κ2) is 7.63. The molecule has 1 aromatic heterocycles. The zero-order chi connectivity index (χ0) is 16.9. The van der Waals surface area contributed by atoms with Gasteiger partial charge in [-0.1, -0.05) is 0 Å². The molecule has 0 spiro atoms. The maximum absolute atomic E-state index is 12.3. The molecule has 1 fully saturated rings. The first-order valence-electron chi connectivity index (χ1n) is 8.24. The van der Waals surface area contributed by atoms with Gasteiger partial charge < -0.3 is 24.7 Å². The van der Waals surface area contributed by atoms with Crippen LogP contribution in [0.4, 0.5) is 5.95 Å². The minimum absolute atomic E-state index is 0.0663. The Balaban J connectivity index is 1.69. The Hall–Kier alpha value is -2.12. The molecule has 7 nitrogen and oxygen atoms in total. The molecule has 1 amide bonds. The molecule has 2 aromatic rings. The number of nitrogens with zero attached hydrogens (tertiary/aromatic N) is 2. The monoisotopic (exact) mass is 332 g/mol. The highest BCUT2D eigenvalue weighted by atomic mass is 16.5. The maximum Gasteiger partial charge on any atom is 0.251 e. The number of anilines is 1. The van der Waals surface area contributed by atoms with Crippen molar-refractivity contribution >= 4 is 22.9 Å². The fourth-order valence-corrected chi connectivity index (χ4v) is 2.85. The van der Waals surface area contributed by atoms with Crippen molar-refractivity contribution in [3.05, 3.63) is 23.8 Å². The number of benzene rings is 1. The molecule has 1 aromatic carbocycles. The highest BCUT2D eigenvalue weighted by molar-refractivity contribution is 5.97. The number of aryl methyl sites for hydroxylation is 1. The van der Waals surface area contributed by atoms with Gasteiger partial charge in [0.05, 0.1) is 24.2 Å². The van der Waals surface area contributed by atoms with Crippen molar-refractivity contribution in [1.29, 1.82) is 0 Å². The third-order valence-corrected chi connectivity index (χ3v) is 4.31. The Morgan fingerprint density at radius 2 is 2.38 bits per heavy atom. The number of nitrogens with one attached hydrogen (secondary N) is 2. The van der Waals surface area contributed by atoms with Crippen LogP contribution in [0.1, 0.15) is 16.8 Å². The highest BCUT2D eigenvalue weighted by Crippen LogP contribution is 2.20. The van der Waals surface area contributed by atoms with Crippen LogP contribution in [-0.4, -0.2) is 55.5 Å². The summed E-state index contributed by atoms with van der Waals surface area (Å²) in [6.07, 6.45) is 1.01. The molecule has 2 N–H and O–H groups in total. The van der Waals surface area contributed by atoms with E-state index in [1.165, 1.54) is 0 Å². The molecule has 1 atom stereocenters. The summed E-state index contributed by atoms with van der Waals surface area (Å²) >= 11 is 0. The fraction of sp³-hybridized carbons (Fsp3) is 0.529. The van der Waals surface area contributed by atoms with E-state index < -0.39 is 0 Å². The van der Waals surface area contributed by atoms with Gasteiger partial charge in [0.2, 0.25) is 5.95 Å². The van der Waals surface area contributed by atoms with E-state index >= 15 is 0 Å². The summed E-state index contributed by atoms with van der Waals surface area (Å²) in [6.45, 7) is 3.48. The van der Waals surface area contributed by atoms with Crippen LogP contribution in [0.15, 0.2) is 18.2 Å². The second-order valence-corrected chi connectivity index (χ2v) is 6.06. The molecule has 3 rings (SSSR count). The zero-order valence-electron chi connectivity index (χ0n) is 14.2. The Kier molecular flexibility index (Phi) is 5.32. The fourth-order valence-electron chi connectivity index (χ4n) is 2.85. The number of amides is 1. The predicted octanol–water partition coefficient (Wildman–Crippen LogP) is 1.40. The Morgan fingerprint density at radius 3 is 3.12 bits per heavy atom. The number of hydrogen-bond donors (Lipinski definition) is 2. The van der Waals surface area contributed by atoms with Crippen molar-refractivity contribution < 1.29 is 14.3 Å².